The molecule has 0 bridgehead atoms. The first kappa shape index (κ1) is 24.2. The van der Waals surface area contributed by atoms with Crippen molar-refractivity contribution in [3.05, 3.63) is 77.6 Å². The van der Waals surface area contributed by atoms with Crippen LogP contribution >= 0.6 is 24.8 Å². The Kier molecular flexibility index (Phi) is 10.9. The quantitative estimate of drug-likeness (QED) is 0.468. The third kappa shape index (κ3) is 6.64. The van der Waals surface area contributed by atoms with Crippen molar-refractivity contribution in [1.29, 1.82) is 0 Å². The number of nitrogens with one attached hydrogen (secondary N) is 2. The van der Waals surface area contributed by atoms with Crippen molar-refractivity contribution in [2.45, 2.75) is 19.6 Å². The van der Waals surface area contributed by atoms with E-state index in [0.717, 1.165) is 42.9 Å². The minimum atomic E-state index is -0.231. The fourth-order valence-electron chi connectivity index (χ4n) is 2.98. The average Bonchev–Trinajstić information content (AvgIpc) is 2.68. The van der Waals surface area contributed by atoms with Crippen molar-refractivity contribution < 1.29 is 9.13 Å². The van der Waals surface area contributed by atoms with E-state index >= 15 is 0 Å². The summed E-state index contributed by atoms with van der Waals surface area (Å²) in [5.41, 5.74) is 2.11. The first-order valence-electron chi connectivity index (χ1n) is 9.01. The highest BCUT2D eigenvalue weighted by Gasteiger charge is 2.09. The predicted molar refractivity (Wildman–Crippen MR) is 119 cm³/mol. The molecule has 3 nitrogen and oxygen atoms in total. The van der Waals surface area contributed by atoms with Crippen molar-refractivity contribution >= 4 is 35.6 Å². The smallest absolute Gasteiger partial charge is 0.124 e. The van der Waals surface area contributed by atoms with Gasteiger partial charge in [0, 0.05) is 12.1 Å². The van der Waals surface area contributed by atoms with E-state index in [-0.39, 0.29) is 30.6 Å². The molecule has 0 spiro atoms. The van der Waals surface area contributed by atoms with Crippen LogP contribution in [-0.2, 0) is 13.2 Å². The van der Waals surface area contributed by atoms with Gasteiger partial charge in [0.25, 0.3) is 0 Å². The molecule has 0 radical (unpaired) electrons. The maximum Gasteiger partial charge on any atom is 0.124 e. The van der Waals surface area contributed by atoms with Crippen LogP contribution in [0.3, 0.4) is 0 Å². The number of benzene rings is 3. The second-order valence-corrected chi connectivity index (χ2v) is 6.31. The van der Waals surface area contributed by atoms with Gasteiger partial charge in [-0.3, -0.25) is 0 Å². The largest absolute Gasteiger partial charge is 0.489 e. The summed E-state index contributed by atoms with van der Waals surface area (Å²) in [6.45, 7) is 3.12. The zero-order valence-electron chi connectivity index (χ0n) is 15.9. The van der Waals surface area contributed by atoms with Crippen LogP contribution < -0.4 is 15.4 Å². The monoisotopic (exact) mass is 424 g/mol. The highest BCUT2D eigenvalue weighted by atomic mass is 35.5. The Morgan fingerprint density at radius 1 is 0.893 bits per heavy atom. The second kappa shape index (κ2) is 12.6. The number of fused-ring (bicyclic) bond motifs is 1. The minimum Gasteiger partial charge on any atom is -0.489 e. The molecule has 28 heavy (non-hydrogen) atoms. The number of rotatable bonds is 9. The minimum absolute atomic E-state index is 0. The average molecular weight is 425 g/mol. The Hall–Kier alpha value is -1.85. The van der Waals surface area contributed by atoms with Gasteiger partial charge in [0.1, 0.15) is 18.2 Å². The van der Waals surface area contributed by atoms with E-state index in [9.17, 15) is 4.39 Å². The van der Waals surface area contributed by atoms with Gasteiger partial charge in [-0.2, -0.15) is 0 Å². The Balaban J connectivity index is 0.00000196. The number of halogens is 3. The number of hydrogen-bond donors (Lipinski definition) is 2. The van der Waals surface area contributed by atoms with Crippen LogP contribution in [0.25, 0.3) is 10.8 Å². The van der Waals surface area contributed by atoms with Crippen LogP contribution in [0.1, 0.15) is 17.5 Å². The van der Waals surface area contributed by atoms with Crippen molar-refractivity contribution in [3.8, 4) is 5.75 Å². The van der Waals surface area contributed by atoms with Crippen LogP contribution in [0, 0.1) is 5.82 Å². The summed E-state index contributed by atoms with van der Waals surface area (Å²) in [5.74, 6) is 0.639. The molecule has 0 amide bonds. The van der Waals surface area contributed by atoms with E-state index in [0.29, 0.717) is 6.61 Å². The summed E-state index contributed by atoms with van der Waals surface area (Å²) in [5, 5.41) is 9.07. The van der Waals surface area contributed by atoms with Crippen molar-refractivity contribution in [2.75, 3.05) is 20.1 Å². The molecular weight excluding hydrogens is 398 g/mol. The summed E-state index contributed by atoms with van der Waals surface area (Å²) < 4.78 is 19.1. The summed E-state index contributed by atoms with van der Waals surface area (Å²) in [6, 6.07) is 18.9. The normalized spacial score (nSPS) is 10.2. The molecule has 0 saturated heterocycles. The third-order valence-corrected chi connectivity index (χ3v) is 4.39. The van der Waals surface area contributed by atoms with Gasteiger partial charge in [-0.15, -0.1) is 24.8 Å². The molecule has 0 atom stereocenters. The maximum atomic E-state index is 13.1. The highest BCUT2D eigenvalue weighted by Crippen LogP contribution is 2.28. The molecule has 0 unspecified atom stereocenters. The van der Waals surface area contributed by atoms with Gasteiger partial charge >= 0.3 is 0 Å². The van der Waals surface area contributed by atoms with E-state index in [1.54, 1.807) is 12.1 Å². The van der Waals surface area contributed by atoms with E-state index in [4.69, 9.17) is 4.74 Å². The SMILES string of the molecule is CNCCCNCc1c(OCc2ccc(F)cc2)ccc2ccccc12.Cl.Cl. The van der Waals surface area contributed by atoms with Gasteiger partial charge in [-0.05, 0) is 61.1 Å². The van der Waals surface area contributed by atoms with E-state index in [1.807, 2.05) is 19.2 Å². The maximum absolute atomic E-state index is 13.1. The summed E-state index contributed by atoms with van der Waals surface area (Å²) in [7, 11) is 1.96. The third-order valence-electron chi connectivity index (χ3n) is 4.39. The Labute approximate surface area is 178 Å². The lowest BCUT2D eigenvalue weighted by molar-refractivity contribution is 0.302. The van der Waals surface area contributed by atoms with Crippen LogP contribution in [0.15, 0.2) is 60.7 Å². The van der Waals surface area contributed by atoms with Gasteiger partial charge in [-0.1, -0.05) is 42.5 Å². The molecule has 2 N–H and O–H groups in total. The molecule has 0 fully saturated rings. The van der Waals surface area contributed by atoms with Gasteiger partial charge in [0.15, 0.2) is 0 Å². The molecule has 152 valence electrons. The molecule has 0 aliphatic heterocycles. The lowest BCUT2D eigenvalue weighted by Crippen LogP contribution is -2.20. The molecule has 6 heteroatoms. The zero-order valence-corrected chi connectivity index (χ0v) is 17.5. The van der Waals surface area contributed by atoms with Gasteiger partial charge in [0.05, 0.1) is 0 Å². The standard InChI is InChI=1S/C22H25FN2O.2ClH/c1-24-13-4-14-25-15-21-20-6-3-2-5-18(20)9-12-22(21)26-16-17-7-10-19(23)11-8-17;;/h2-3,5-12,24-25H,4,13-16H2,1H3;2*1H. The van der Waals surface area contributed by atoms with Crippen LogP contribution in [0.4, 0.5) is 4.39 Å². The number of hydrogen-bond acceptors (Lipinski definition) is 3. The molecule has 0 heterocycles. The molecule has 3 aromatic carbocycles. The van der Waals surface area contributed by atoms with Gasteiger partial charge < -0.3 is 15.4 Å². The molecule has 0 saturated carbocycles. The molecule has 3 rings (SSSR count). The zero-order chi connectivity index (χ0) is 18.2. The van der Waals surface area contributed by atoms with Crippen LogP contribution in [-0.4, -0.2) is 20.1 Å². The molecule has 3 aromatic rings. The van der Waals surface area contributed by atoms with Crippen molar-refractivity contribution in [3.63, 3.8) is 0 Å². The summed E-state index contributed by atoms with van der Waals surface area (Å²) in [4.78, 5) is 0. The van der Waals surface area contributed by atoms with Gasteiger partial charge in [-0.25, -0.2) is 4.39 Å². The van der Waals surface area contributed by atoms with Gasteiger partial charge in [0.2, 0.25) is 0 Å². The Bertz CT molecular complexity index is 844. The van der Waals surface area contributed by atoms with Crippen LogP contribution in [0.2, 0.25) is 0 Å². The predicted octanol–water partition coefficient (Wildman–Crippen LogP) is 5.10. The second-order valence-electron chi connectivity index (χ2n) is 6.31. The molecule has 0 aliphatic carbocycles. The Morgan fingerprint density at radius 2 is 1.64 bits per heavy atom. The number of ether oxygens (including phenoxy) is 1. The molecule has 0 aliphatic rings. The molecular formula is C22H27Cl2FN2O. The summed E-state index contributed by atoms with van der Waals surface area (Å²) >= 11 is 0. The first-order valence-corrected chi connectivity index (χ1v) is 9.01. The fraction of sp³-hybridized carbons (Fsp3) is 0.273. The van der Waals surface area contributed by atoms with E-state index < -0.39 is 0 Å². The van der Waals surface area contributed by atoms with E-state index in [1.165, 1.54) is 22.9 Å². The lowest BCUT2D eigenvalue weighted by atomic mass is 10.0. The Morgan fingerprint density at radius 3 is 2.39 bits per heavy atom. The highest BCUT2D eigenvalue weighted by molar-refractivity contribution is 5.87. The van der Waals surface area contributed by atoms with Crippen molar-refractivity contribution in [1.82, 2.24) is 10.6 Å². The lowest BCUT2D eigenvalue weighted by Gasteiger charge is -2.15. The summed E-state index contributed by atoms with van der Waals surface area (Å²) in [6.07, 6.45) is 1.08. The van der Waals surface area contributed by atoms with Crippen LogP contribution in [0.5, 0.6) is 5.75 Å². The first-order chi connectivity index (χ1) is 12.8. The van der Waals surface area contributed by atoms with Crippen molar-refractivity contribution in [2.24, 2.45) is 0 Å². The van der Waals surface area contributed by atoms with E-state index in [2.05, 4.69) is 34.9 Å². The fourth-order valence-corrected chi connectivity index (χ4v) is 2.98. The molecule has 0 aromatic heterocycles. The topological polar surface area (TPSA) is 33.3 Å².